The number of hydrogen-bond acceptors (Lipinski definition) is 6. The van der Waals surface area contributed by atoms with Crippen molar-refractivity contribution in [1.29, 1.82) is 0 Å². The van der Waals surface area contributed by atoms with Gasteiger partial charge in [-0.15, -0.1) is 0 Å². The van der Waals surface area contributed by atoms with Crippen molar-refractivity contribution in [3.63, 3.8) is 0 Å². The summed E-state index contributed by atoms with van der Waals surface area (Å²) < 4.78 is 10.7. The highest BCUT2D eigenvalue weighted by Crippen LogP contribution is 2.32. The molecule has 0 amide bonds. The molecule has 0 bridgehead atoms. The van der Waals surface area contributed by atoms with E-state index < -0.39 is 6.10 Å². The van der Waals surface area contributed by atoms with Crippen molar-refractivity contribution in [2.24, 2.45) is 0 Å². The van der Waals surface area contributed by atoms with Gasteiger partial charge >= 0.3 is 0 Å². The van der Waals surface area contributed by atoms with Crippen molar-refractivity contribution >= 4 is 11.8 Å². The van der Waals surface area contributed by atoms with Gasteiger partial charge in [-0.1, -0.05) is 48.2 Å². The van der Waals surface area contributed by atoms with E-state index in [0.29, 0.717) is 18.8 Å². The van der Waals surface area contributed by atoms with Crippen LogP contribution in [0.15, 0.2) is 82.6 Å². The number of methoxy groups -OCH3 is 1. The van der Waals surface area contributed by atoms with E-state index >= 15 is 0 Å². The zero-order valence-corrected chi connectivity index (χ0v) is 17.8. The molecule has 0 aromatic heterocycles. The molecular weight excluding hydrogens is 398 g/mol. The van der Waals surface area contributed by atoms with Crippen molar-refractivity contribution in [3.05, 3.63) is 83.9 Å². The third kappa shape index (κ3) is 6.50. The van der Waals surface area contributed by atoms with Crippen molar-refractivity contribution in [3.8, 4) is 11.5 Å². The second-order valence-corrected chi connectivity index (χ2v) is 7.83. The van der Waals surface area contributed by atoms with Gasteiger partial charge < -0.3 is 25.0 Å². The Kier molecular flexibility index (Phi) is 8.59. The van der Waals surface area contributed by atoms with Gasteiger partial charge in [-0.25, -0.2) is 0 Å². The summed E-state index contributed by atoms with van der Waals surface area (Å²) in [6.45, 7) is 1.27. The molecule has 5 nitrogen and oxygen atoms in total. The van der Waals surface area contributed by atoms with Crippen molar-refractivity contribution in [1.82, 2.24) is 5.32 Å². The molecule has 0 radical (unpaired) electrons. The second kappa shape index (κ2) is 11.6. The minimum absolute atomic E-state index is 0.0178. The maximum Gasteiger partial charge on any atom is 0.119 e. The number of aliphatic hydroxyl groups is 2. The molecule has 0 aliphatic rings. The van der Waals surface area contributed by atoms with Gasteiger partial charge in [0.25, 0.3) is 0 Å². The van der Waals surface area contributed by atoms with E-state index in [1.165, 1.54) is 0 Å². The van der Waals surface area contributed by atoms with E-state index in [-0.39, 0.29) is 13.2 Å². The number of benzene rings is 3. The van der Waals surface area contributed by atoms with Crippen LogP contribution in [0.25, 0.3) is 0 Å². The number of nitrogens with one attached hydrogen (secondary N) is 1. The maximum absolute atomic E-state index is 10.2. The summed E-state index contributed by atoms with van der Waals surface area (Å²) in [5.41, 5.74) is 2.05. The smallest absolute Gasteiger partial charge is 0.119 e. The number of aliphatic hydroxyl groups excluding tert-OH is 2. The lowest BCUT2D eigenvalue weighted by Crippen LogP contribution is -2.31. The summed E-state index contributed by atoms with van der Waals surface area (Å²) in [6, 6.07) is 23.3. The van der Waals surface area contributed by atoms with Crippen molar-refractivity contribution in [2.75, 3.05) is 20.3 Å². The molecular formula is C24H27NO4S. The fourth-order valence-electron chi connectivity index (χ4n) is 2.90. The Balaban J connectivity index is 1.49. The average molecular weight is 426 g/mol. The third-order valence-corrected chi connectivity index (χ3v) is 5.77. The van der Waals surface area contributed by atoms with Gasteiger partial charge in [-0.05, 0) is 47.5 Å². The minimum atomic E-state index is -0.623. The molecule has 0 spiro atoms. The maximum atomic E-state index is 10.2. The molecule has 3 aromatic carbocycles. The molecule has 6 heteroatoms. The summed E-state index contributed by atoms with van der Waals surface area (Å²) in [4.78, 5) is 2.16. The number of rotatable bonds is 11. The molecule has 0 saturated carbocycles. The van der Waals surface area contributed by atoms with E-state index in [2.05, 4.69) is 17.4 Å². The summed E-state index contributed by atoms with van der Waals surface area (Å²) in [7, 11) is 1.62. The molecule has 0 saturated heterocycles. The molecule has 0 fully saturated rings. The first kappa shape index (κ1) is 22.2. The largest absolute Gasteiger partial charge is 0.497 e. The van der Waals surface area contributed by atoms with Crippen LogP contribution in [0.3, 0.4) is 0 Å². The lowest BCUT2D eigenvalue weighted by atomic mass is 10.2. The van der Waals surface area contributed by atoms with Gasteiger partial charge in [0.15, 0.2) is 0 Å². The Morgan fingerprint density at radius 1 is 0.867 bits per heavy atom. The molecule has 30 heavy (non-hydrogen) atoms. The van der Waals surface area contributed by atoms with Gasteiger partial charge in [0.1, 0.15) is 24.2 Å². The normalized spacial score (nSPS) is 11.8. The van der Waals surface area contributed by atoms with E-state index in [9.17, 15) is 10.2 Å². The summed E-state index contributed by atoms with van der Waals surface area (Å²) >= 11 is 1.64. The van der Waals surface area contributed by atoms with Crippen molar-refractivity contribution < 1.29 is 19.7 Å². The Labute approximate surface area is 181 Å². The highest BCUT2D eigenvalue weighted by atomic mass is 32.2. The molecule has 0 heterocycles. The molecule has 3 N–H and O–H groups in total. The van der Waals surface area contributed by atoms with Crippen LogP contribution in [0.1, 0.15) is 11.1 Å². The molecule has 3 rings (SSSR count). The molecule has 0 aliphatic heterocycles. The fourth-order valence-corrected chi connectivity index (χ4v) is 3.96. The standard InChI is InChI=1S/C24H27NO4S/c1-28-21-10-12-22(13-11-21)29-17-20(27)15-25-14-18-6-2-4-8-23(18)30-24-9-5-3-7-19(24)16-26/h2-13,20,25-27H,14-17H2,1H3. The van der Waals surface area contributed by atoms with Crippen LogP contribution in [0, 0.1) is 0 Å². The second-order valence-electron chi connectivity index (χ2n) is 6.75. The first-order valence-corrected chi connectivity index (χ1v) is 10.6. The zero-order valence-electron chi connectivity index (χ0n) is 17.0. The lowest BCUT2D eigenvalue weighted by molar-refractivity contribution is 0.106. The summed E-state index contributed by atoms with van der Waals surface area (Å²) in [5, 5.41) is 23.1. The molecule has 0 aliphatic carbocycles. The monoisotopic (exact) mass is 425 g/mol. The topological polar surface area (TPSA) is 71.0 Å². The zero-order chi connectivity index (χ0) is 21.2. The Morgan fingerprint density at radius 3 is 2.13 bits per heavy atom. The van der Waals surface area contributed by atoms with Gasteiger partial charge in [-0.3, -0.25) is 0 Å². The first-order chi connectivity index (χ1) is 14.7. The van der Waals surface area contributed by atoms with E-state index in [4.69, 9.17) is 9.47 Å². The number of ether oxygens (including phenoxy) is 2. The van der Waals surface area contributed by atoms with Crippen molar-refractivity contribution in [2.45, 2.75) is 29.0 Å². The summed E-state index contributed by atoms with van der Waals surface area (Å²) in [6.07, 6.45) is -0.623. The molecule has 1 unspecified atom stereocenters. The highest BCUT2D eigenvalue weighted by molar-refractivity contribution is 7.99. The average Bonchev–Trinajstić information content (AvgIpc) is 2.79. The van der Waals surface area contributed by atoms with Crippen LogP contribution in [0.4, 0.5) is 0 Å². The quantitative estimate of drug-likeness (QED) is 0.433. The first-order valence-electron chi connectivity index (χ1n) is 9.79. The Bertz CT molecular complexity index is 917. The van der Waals surface area contributed by atoms with Gasteiger partial charge in [0.2, 0.25) is 0 Å². The fraction of sp³-hybridized carbons (Fsp3) is 0.250. The highest BCUT2D eigenvalue weighted by Gasteiger charge is 2.09. The Morgan fingerprint density at radius 2 is 1.47 bits per heavy atom. The molecule has 3 aromatic rings. The lowest BCUT2D eigenvalue weighted by Gasteiger charge is -2.15. The van der Waals surface area contributed by atoms with Crippen LogP contribution in [0.2, 0.25) is 0 Å². The third-order valence-electron chi connectivity index (χ3n) is 4.53. The predicted octanol–water partition coefficient (Wildman–Crippen LogP) is 3.87. The van der Waals surface area contributed by atoms with Crippen LogP contribution in [-0.4, -0.2) is 36.6 Å². The van der Waals surface area contributed by atoms with Crippen LogP contribution >= 0.6 is 11.8 Å². The van der Waals surface area contributed by atoms with Gasteiger partial charge in [0, 0.05) is 22.9 Å². The van der Waals surface area contributed by atoms with Gasteiger partial charge in [0.05, 0.1) is 13.7 Å². The minimum Gasteiger partial charge on any atom is -0.497 e. The molecule has 1 atom stereocenters. The van der Waals surface area contributed by atoms with Crippen LogP contribution in [-0.2, 0) is 13.2 Å². The number of hydrogen-bond donors (Lipinski definition) is 3. The Hall–Kier alpha value is -2.51. The van der Waals surface area contributed by atoms with Gasteiger partial charge in [-0.2, -0.15) is 0 Å². The van der Waals surface area contributed by atoms with E-state index in [0.717, 1.165) is 26.7 Å². The summed E-state index contributed by atoms with van der Waals surface area (Å²) in [5.74, 6) is 1.46. The van der Waals surface area contributed by atoms with E-state index in [1.54, 1.807) is 18.9 Å². The SMILES string of the molecule is COc1ccc(OCC(O)CNCc2ccccc2Sc2ccccc2CO)cc1. The molecule has 158 valence electrons. The van der Waals surface area contributed by atoms with E-state index in [1.807, 2.05) is 60.7 Å². The predicted molar refractivity (Wildman–Crippen MR) is 119 cm³/mol. The van der Waals surface area contributed by atoms with Crippen LogP contribution in [0.5, 0.6) is 11.5 Å². The van der Waals surface area contributed by atoms with Crippen LogP contribution < -0.4 is 14.8 Å².